The van der Waals surface area contributed by atoms with E-state index < -0.39 is 40.1 Å². The van der Waals surface area contributed by atoms with Crippen LogP contribution in [0, 0.1) is 46.3 Å². The van der Waals surface area contributed by atoms with E-state index in [1.165, 1.54) is 18.9 Å². The van der Waals surface area contributed by atoms with E-state index in [-0.39, 0.29) is 46.8 Å². The number of aliphatic hydroxyl groups is 1. The molecule has 0 amide bonds. The maximum atomic E-state index is 11.8. The molecule has 10 heteroatoms. The molecule has 4 aliphatic carbocycles. The summed E-state index contributed by atoms with van der Waals surface area (Å²) in [5, 5.41) is 11.1. The SMILES string of the molecule is CC(=O)O[C@H]1[C@H](O)C[C@]2(C)C3CC[C@@]4(C)C(CC[C@@H]4[C@H](C)[C@@H]4O[C@H]4CC(C)C)C3=CCC2[C@@H]1OS(=O)(=O)[O-].[Na+]. The molecule has 216 valence electrons. The second-order valence-electron chi connectivity index (χ2n) is 13.8. The minimum absolute atomic E-state index is 0. The van der Waals surface area contributed by atoms with Crippen molar-refractivity contribution in [2.24, 2.45) is 46.3 Å². The van der Waals surface area contributed by atoms with E-state index in [2.05, 4.69) is 40.7 Å². The second kappa shape index (κ2) is 11.3. The average molecular weight is 577 g/mol. The Kier molecular flexibility index (Phi) is 9.21. The van der Waals surface area contributed by atoms with Crippen LogP contribution in [0.25, 0.3) is 0 Å². The van der Waals surface area contributed by atoms with Crippen LogP contribution in [0.1, 0.15) is 86.5 Å². The zero-order chi connectivity index (χ0) is 27.8. The van der Waals surface area contributed by atoms with Gasteiger partial charge in [0.15, 0.2) is 6.10 Å². The number of carbonyl (C=O) groups is 1. The summed E-state index contributed by atoms with van der Waals surface area (Å²) in [7, 11) is -5.06. The van der Waals surface area contributed by atoms with Gasteiger partial charge in [0.1, 0.15) is 6.10 Å². The molecule has 3 unspecified atom stereocenters. The third-order valence-corrected chi connectivity index (χ3v) is 11.7. The van der Waals surface area contributed by atoms with Gasteiger partial charge in [-0.25, -0.2) is 8.42 Å². The smallest absolute Gasteiger partial charge is 0.726 e. The summed E-state index contributed by atoms with van der Waals surface area (Å²) in [6.45, 7) is 12.6. The van der Waals surface area contributed by atoms with E-state index in [9.17, 15) is 22.9 Å². The molecule has 1 N–H and O–H groups in total. The van der Waals surface area contributed by atoms with Crippen molar-refractivity contribution in [3.05, 3.63) is 11.6 Å². The summed E-state index contributed by atoms with van der Waals surface area (Å²) in [6, 6.07) is 0. The molecule has 5 rings (SSSR count). The number of epoxide rings is 1. The number of aliphatic hydroxyl groups excluding tert-OH is 1. The first-order valence-electron chi connectivity index (χ1n) is 14.5. The summed E-state index contributed by atoms with van der Waals surface area (Å²) in [5.74, 6) is 1.35. The number of allylic oxidation sites excluding steroid dienone is 2. The van der Waals surface area contributed by atoms with E-state index >= 15 is 0 Å². The Morgan fingerprint density at radius 3 is 2.44 bits per heavy atom. The molecule has 0 aromatic rings. The van der Waals surface area contributed by atoms with Gasteiger partial charge in [-0.05, 0) is 91.3 Å². The summed E-state index contributed by atoms with van der Waals surface area (Å²) in [6.07, 6.45) is 5.83. The first-order valence-corrected chi connectivity index (χ1v) is 15.8. The van der Waals surface area contributed by atoms with Gasteiger partial charge in [0.25, 0.3) is 0 Å². The predicted octanol–water partition coefficient (Wildman–Crippen LogP) is 1.38. The summed E-state index contributed by atoms with van der Waals surface area (Å²) >= 11 is 0. The van der Waals surface area contributed by atoms with Gasteiger partial charge in [-0.2, -0.15) is 0 Å². The number of hydrogen-bond acceptors (Lipinski definition) is 8. The van der Waals surface area contributed by atoms with Gasteiger partial charge >= 0.3 is 35.5 Å². The Hall–Kier alpha value is -0.000000000000000222. The Morgan fingerprint density at radius 1 is 1.15 bits per heavy atom. The maximum Gasteiger partial charge on any atom is 1.00 e. The molecular weight excluding hydrogens is 531 g/mol. The van der Waals surface area contributed by atoms with E-state index in [0.29, 0.717) is 48.7 Å². The van der Waals surface area contributed by atoms with Gasteiger partial charge < -0.3 is 19.1 Å². The van der Waals surface area contributed by atoms with Crippen molar-refractivity contribution in [1.29, 1.82) is 0 Å². The second-order valence-corrected chi connectivity index (χ2v) is 14.8. The largest absolute Gasteiger partial charge is 1.00 e. The van der Waals surface area contributed by atoms with Gasteiger partial charge in [0, 0.05) is 6.92 Å². The monoisotopic (exact) mass is 576 g/mol. The van der Waals surface area contributed by atoms with Gasteiger partial charge in [-0.3, -0.25) is 8.98 Å². The maximum absolute atomic E-state index is 11.8. The standard InChI is InChI=1S/C29H46O8S.Na/c1-15(2)13-24-25(36-24)16(3)19-9-10-20-18-7-8-22-26(37-38(32,33)34)27(35-17(4)30)23(31)14-29(22,6)21(18)11-12-28(19,20)5;/h7,15-16,19-27,31H,8-14H2,1-6H3,(H,32,33,34);/q;+1/p-1/t16-,19+,20?,21?,22?,23+,24-,25-,26-,27-,28+,29+;/m0./s1. The predicted molar refractivity (Wildman–Crippen MR) is 139 cm³/mol. The van der Waals surface area contributed by atoms with E-state index in [4.69, 9.17) is 13.7 Å². The van der Waals surface area contributed by atoms with Crippen molar-refractivity contribution in [3.63, 3.8) is 0 Å². The fourth-order valence-electron chi connectivity index (χ4n) is 9.60. The molecule has 5 aliphatic rings. The zero-order valence-corrected chi connectivity index (χ0v) is 27.4. The zero-order valence-electron chi connectivity index (χ0n) is 24.6. The van der Waals surface area contributed by atoms with E-state index in [1.807, 2.05) is 0 Å². The van der Waals surface area contributed by atoms with Crippen molar-refractivity contribution < 1.29 is 66.1 Å². The Labute approximate surface area is 256 Å². The number of ether oxygens (including phenoxy) is 2. The Balaban J connectivity index is 0.00000353. The molecule has 4 fully saturated rings. The Morgan fingerprint density at radius 2 is 1.82 bits per heavy atom. The number of esters is 1. The number of fused-ring (bicyclic) bond motifs is 5. The molecule has 12 atom stereocenters. The van der Waals surface area contributed by atoms with Gasteiger partial charge in [-0.15, -0.1) is 0 Å². The summed E-state index contributed by atoms with van der Waals surface area (Å²) in [5.41, 5.74) is 1.15. The van der Waals surface area contributed by atoms with E-state index in [1.54, 1.807) is 0 Å². The van der Waals surface area contributed by atoms with Crippen molar-refractivity contribution in [3.8, 4) is 0 Å². The fraction of sp³-hybridized carbons (Fsp3) is 0.897. The van der Waals surface area contributed by atoms with Crippen LogP contribution in [0.3, 0.4) is 0 Å². The topological polar surface area (TPSA) is 125 Å². The van der Waals surface area contributed by atoms with Crippen LogP contribution in [0.15, 0.2) is 11.6 Å². The van der Waals surface area contributed by atoms with Crippen molar-refractivity contribution in [2.75, 3.05) is 0 Å². The van der Waals surface area contributed by atoms with Crippen molar-refractivity contribution in [2.45, 2.75) is 117 Å². The molecule has 39 heavy (non-hydrogen) atoms. The van der Waals surface area contributed by atoms with Gasteiger partial charge in [0.05, 0.1) is 18.3 Å². The molecule has 0 radical (unpaired) electrons. The quantitative estimate of drug-likeness (QED) is 0.120. The molecule has 1 heterocycles. The fourth-order valence-corrected chi connectivity index (χ4v) is 10.1. The first kappa shape index (κ1) is 31.9. The van der Waals surface area contributed by atoms with Crippen LogP contribution in [0.2, 0.25) is 0 Å². The van der Waals surface area contributed by atoms with Crippen molar-refractivity contribution >= 4 is 16.4 Å². The molecule has 3 saturated carbocycles. The Bertz CT molecular complexity index is 1080. The third-order valence-electron chi connectivity index (χ3n) is 11.2. The minimum Gasteiger partial charge on any atom is -0.726 e. The molecule has 0 spiro atoms. The molecule has 1 aliphatic heterocycles. The van der Waals surface area contributed by atoms with Crippen LogP contribution in [-0.4, -0.2) is 54.6 Å². The number of rotatable bonds is 7. The molecule has 0 aromatic carbocycles. The normalized spacial score (nSPS) is 45.8. The molecule has 0 bridgehead atoms. The van der Waals surface area contributed by atoms with Gasteiger partial charge in [0.2, 0.25) is 10.4 Å². The van der Waals surface area contributed by atoms with Crippen LogP contribution < -0.4 is 29.6 Å². The first-order chi connectivity index (χ1) is 17.7. The van der Waals surface area contributed by atoms with Crippen molar-refractivity contribution in [1.82, 2.24) is 0 Å². The van der Waals surface area contributed by atoms with E-state index in [0.717, 1.165) is 25.7 Å². The molecule has 8 nitrogen and oxygen atoms in total. The summed E-state index contributed by atoms with van der Waals surface area (Å²) in [4.78, 5) is 11.8. The average Bonchev–Trinajstić information content (AvgIpc) is 3.44. The number of hydrogen-bond donors (Lipinski definition) is 1. The molecular formula is C29H45NaO8S. The molecule has 0 aromatic heterocycles. The van der Waals surface area contributed by atoms with Crippen LogP contribution in [0.5, 0.6) is 0 Å². The number of carbonyl (C=O) groups excluding carboxylic acids is 1. The van der Waals surface area contributed by atoms with Crippen LogP contribution in [-0.2, 0) is 28.9 Å². The minimum atomic E-state index is -5.06. The third kappa shape index (κ3) is 5.82. The van der Waals surface area contributed by atoms with Gasteiger partial charge in [-0.1, -0.05) is 46.3 Å². The summed E-state index contributed by atoms with van der Waals surface area (Å²) < 4.78 is 51.6. The molecule has 1 saturated heterocycles. The van der Waals surface area contributed by atoms with Crippen LogP contribution >= 0.6 is 0 Å². The van der Waals surface area contributed by atoms with Crippen LogP contribution in [0.4, 0.5) is 0 Å².